The lowest BCUT2D eigenvalue weighted by atomic mass is 9.92. The summed E-state index contributed by atoms with van der Waals surface area (Å²) in [4.78, 5) is 16.2. The smallest absolute Gasteiger partial charge is 0.192 e. The monoisotopic (exact) mass is 375 g/mol. The summed E-state index contributed by atoms with van der Waals surface area (Å²) in [5.74, 6) is 2.29. The Hall–Kier alpha value is -1.77. The fourth-order valence-electron chi connectivity index (χ4n) is 3.48. The minimum absolute atomic E-state index is 0.0436. The van der Waals surface area contributed by atoms with Gasteiger partial charge in [0.15, 0.2) is 10.8 Å². The van der Waals surface area contributed by atoms with Crippen LogP contribution in [0.3, 0.4) is 0 Å². The quantitative estimate of drug-likeness (QED) is 0.849. The molecule has 0 bridgehead atoms. The van der Waals surface area contributed by atoms with E-state index in [1.807, 2.05) is 18.4 Å². The summed E-state index contributed by atoms with van der Waals surface area (Å²) in [5, 5.41) is 16.6. The van der Waals surface area contributed by atoms with E-state index in [9.17, 15) is 5.11 Å². The molecule has 1 aliphatic carbocycles. The number of hydrogen-bond acceptors (Lipinski definition) is 8. The molecule has 26 heavy (non-hydrogen) atoms. The second-order valence-electron chi connectivity index (χ2n) is 6.93. The van der Waals surface area contributed by atoms with Crippen LogP contribution in [0, 0.1) is 6.92 Å². The van der Waals surface area contributed by atoms with Gasteiger partial charge >= 0.3 is 0 Å². The van der Waals surface area contributed by atoms with E-state index in [4.69, 9.17) is 14.7 Å². The molecule has 2 atom stereocenters. The zero-order chi connectivity index (χ0) is 17.9. The minimum Gasteiger partial charge on any atom is -0.391 e. The number of aliphatic hydroxyl groups excluding tert-OH is 1. The van der Waals surface area contributed by atoms with Crippen molar-refractivity contribution in [3.8, 4) is 10.8 Å². The van der Waals surface area contributed by atoms with E-state index in [-0.39, 0.29) is 12.1 Å². The average molecular weight is 375 g/mol. The molecule has 0 aromatic carbocycles. The lowest BCUT2D eigenvalue weighted by Crippen LogP contribution is -2.38. The molecule has 140 valence electrons. The molecule has 1 saturated heterocycles. The third-order valence-electron chi connectivity index (χ3n) is 4.92. The number of aromatic nitrogens is 3. The first-order valence-corrected chi connectivity index (χ1v) is 10.2. The van der Waals surface area contributed by atoms with Crippen molar-refractivity contribution in [3.05, 3.63) is 17.1 Å². The van der Waals surface area contributed by atoms with E-state index >= 15 is 0 Å². The van der Waals surface area contributed by atoms with Crippen molar-refractivity contribution in [3.63, 3.8) is 0 Å². The topological polar surface area (TPSA) is 83.4 Å². The summed E-state index contributed by atoms with van der Waals surface area (Å²) in [6.45, 7) is 5.03. The first-order valence-electron chi connectivity index (χ1n) is 9.28. The van der Waals surface area contributed by atoms with Crippen LogP contribution >= 0.6 is 11.3 Å². The molecule has 7 nitrogen and oxygen atoms in total. The maximum absolute atomic E-state index is 10.3. The molecule has 2 aromatic rings. The van der Waals surface area contributed by atoms with E-state index in [2.05, 4.69) is 15.2 Å². The Morgan fingerprint density at radius 2 is 2.00 bits per heavy atom. The molecule has 0 spiro atoms. The maximum Gasteiger partial charge on any atom is 0.192 e. The van der Waals surface area contributed by atoms with Crippen molar-refractivity contribution in [2.45, 2.75) is 44.8 Å². The van der Waals surface area contributed by atoms with Crippen molar-refractivity contribution in [2.24, 2.45) is 0 Å². The van der Waals surface area contributed by atoms with E-state index in [1.54, 1.807) is 11.3 Å². The van der Waals surface area contributed by atoms with Crippen LogP contribution in [0.2, 0.25) is 0 Å². The molecule has 0 unspecified atom stereocenters. The SMILES string of the molecule is Cc1csc(-c2nc(N[C@@H]3CCCC[C@H]3O)cc(N3CCOCC3)n2)n1. The molecule has 1 aliphatic heterocycles. The standard InChI is InChI=1S/C18H25N5O2S/c1-12-11-26-18(19-12)17-21-15(20-13-4-2-3-5-14(13)24)10-16(22-17)23-6-8-25-9-7-23/h10-11,13-14,24H,2-9H2,1H3,(H,20,21,22)/t13-,14-/m1/s1. The Kier molecular flexibility index (Phi) is 5.33. The number of aryl methyl sites for hydroxylation is 1. The molecular formula is C18H25N5O2S. The summed E-state index contributed by atoms with van der Waals surface area (Å²) >= 11 is 1.56. The zero-order valence-electron chi connectivity index (χ0n) is 15.0. The fraction of sp³-hybridized carbons (Fsp3) is 0.611. The summed E-state index contributed by atoms with van der Waals surface area (Å²) in [5.41, 5.74) is 0.975. The molecule has 3 heterocycles. The highest BCUT2D eigenvalue weighted by atomic mass is 32.1. The number of rotatable bonds is 4. The van der Waals surface area contributed by atoms with Crippen LogP contribution in [0.15, 0.2) is 11.4 Å². The van der Waals surface area contributed by atoms with Crippen LogP contribution in [-0.2, 0) is 4.74 Å². The van der Waals surface area contributed by atoms with Crippen LogP contribution in [0.1, 0.15) is 31.4 Å². The second-order valence-corrected chi connectivity index (χ2v) is 7.79. The molecule has 2 aromatic heterocycles. The summed E-state index contributed by atoms with van der Waals surface area (Å²) in [6.07, 6.45) is 3.71. The van der Waals surface area contributed by atoms with Crippen LogP contribution < -0.4 is 10.2 Å². The van der Waals surface area contributed by atoms with Gasteiger partial charge < -0.3 is 20.1 Å². The lowest BCUT2D eigenvalue weighted by Gasteiger charge is -2.30. The summed E-state index contributed by atoms with van der Waals surface area (Å²) < 4.78 is 5.46. The molecule has 2 N–H and O–H groups in total. The van der Waals surface area contributed by atoms with Gasteiger partial charge in [-0.25, -0.2) is 15.0 Å². The lowest BCUT2D eigenvalue weighted by molar-refractivity contribution is 0.116. The van der Waals surface area contributed by atoms with Crippen molar-refractivity contribution < 1.29 is 9.84 Å². The van der Waals surface area contributed by atoms with Gasteiger partial charge in [0.2, 0.25) is 0 Å². The van der Waals surface area contributed by atoms with Crippen LogP contribution in [0.25, 0.3) is 10.8 Å². The Bertz CT molecular complexity index is 747. The minimum atomic E-state index is -0.323. The second kappa shape index (κ2) is 7.85. The molecule has 1 saturated carbocycles. The normalized spacial score (nSPS) is 23.8. The van der Waals surface area contributed by atoms with Gasteiger partial charge in [-0.2, -0.15) is 0 Å². The Labute approximate surface area is 157 Å². The number of morpholine rings is 1. The Morgan fingerprint density at radius 1 is 1.19 bits per heavy atom. The maximum atomic E-state index is 10.3. The van der Waals surface area contributed by atoms with Gasteiger partial charge in [-0.3, -0.25) is 0 Å². The van der Waals surface area contributed by atoms with Crippen LogP contribution in [0.4, 0.5) is 11.6 Å². The van der Waals surface area contributed by atoms with Crippen LogP contribution in [-0.4, -0.2) is 58.5 Å². The predicted molar refractivity (Wildman–Crippen MR) is 103 cm³/mol. The number of anilines is 2. The summed E-state index contributed by atoms with van der Waals surface area (Å²) in [7, 11) is 0. The fourth-order valence-corrected chi connectivity index (χ4v) is 4.21. The number of nitrogens with one attached hydrogen (secondary N) is 1. The third kappa shape index (κ3) is 3.97. The summed E-state index contributed by atoms with van der Waals surface area (Å²) in [6, 6.07) is 2.03. The third-order valence-corrected chi connectivity index (χ3v) is 5.88. The van der Waals surface area contributed by atoms with Gasteiger partial charge in [0.25, 0.3) is 0 Å². The highest BCUT2D eigenvalue weighted by Gasteiger charge is 2.24. The first-order chi connectivity index (χ1) is 12.7. The highest BCUT2D eigenvalue weighted by Crippen LogP contribution is 2.28. The zero-order valence-corrected chi connectivity index (χ0v) is 15.8. The van der Waals surface area contributed by atoms with E-state index in [0.717, 1.165) is 61.1 Å². The average Bonchev–Trinajstić information content (AvgIpc) is 3.11. The van der Waals surface area contributed by atoms with E-state index < -0.39 is 0 Å². The molecule has 0 amide bonds. The van der Waals surface area contributed by atoms with Crippen molar-refractivity contribution in [1.29, 1.82) is 0 Å². The molecular weight excluding hydrogens is 350 g/mol. The number of hydrogen-bond donors (Lipinski definition) is 2. The van der Waals surface area contributed by atoms with Gasteiger partial charge in [0.1, 0.15) is 11.6 Å². The van der Waals surface area contributed by atoms with Gasteiger partial charge in [-0.15, -0.1) is 11.3 Å². The largest absolute Gasteiger partial charge is 0.391 e. The number of thiazole rings is 1. The predicted octanol–water partition coefficient (Wildman–Crippen LogP) is 2.46. The van der Waals surface area contributed by atoms with Crippen molar-refractivity contribution in [2.75, 3.05) is 36.5 Å². The highest BCUT2D eigenvalue weighted by molar-refractivity contribution is 7.13. The van der Waals surface area contributed by atoms with Gasteiger partial charge in [0.05, 0.1) is 25.4 Å². The Balaban J connectivity index is 1.65. The molecule has 4 rings (SSSR count). The molecule has 8 heteroatoms. The molecule has 0 radical (unpaired) electrons. The van der Waals surface area contributed by atoms with Crippen molar-refractivity contribution in [1.82, 2.24) is 15.0 Å². The molecule has 2 fully saturated rings. The van der Waals surface area contributed by atoms with Gasteiger partial charge in [0, 0.05) is 30.2 Å². The van der Waals surface area contributed by atoms with Gasteiger partial charge in [-0.1, -0.05) is 12.8 Å². The van der Waals surface area contributed by atoms with E-state index in [0.29, 0.717) is 19.0 Å². The Morgan fingerprint density at radius 3 is 2.73 bits per heavy atom. The first kappa shape index (κ1) is 17.6. The van der Waals surface area contributed by atoms with Gasteiger partial charge in [-0.05, 0) is 19.8 Å². The van der Waals surface area contributed by atoms with Crippen LogP contribution in [0.5, 0.6) is 0 Å². The molecule has 2 aliphatic rings. The number of aliphatic hydroxyl groups is 1. The van der Waals surface area contributed by atoms with Crippen molar-refractivity contribution >= 4 is 23.0 Å². The number of nitrogens with zero attached hydrogens (tertiary/aromatic N) is 4. The van der Waals surface area contributed by atoms with E-state index in [1.165, 1.54) is 0 Å². The number of ether oxygens (including phenoxy) is 1.